The predicted molar refractivity (Wildman–Crippen MR) is 83.2 cm³/mol. The van der Waals surface area contributed by atoms with Gasteiger partial charge in [-0.15, -0.1) is 0 Å². The Kier molecular flexibility index (Phi) is 6.17. The lowest BCUT2D eigenvalue weighted by molar-refractivity contribution is 0.476. The highest BCUT2D eigenvalue weighted by atomic mass is 32.2. The van der Waals surface area contributed by atoms with Crippen molar-refractivity contribution in [2.45, 2.75) is 51.6 Å². The molecule has 0 fully saturated rings. The molecule has 20 heavy (non-hydrogen) atoms. The lowest BCUT2D eigenvalue weighted by Gasteiger charge is -2.18. The Morgan fingerprint density at radius 2 is 1.80 bits per heavy atom. The highest BCUT2D eigenvalue weighted by molar-refractivity contribution is 7.89. The molecule has 5 heteroatoms. The van der Waals surface area contributed by atoms with Gasteiger partial charge >= 0.3 is 0 Å². The topological polar surface area (TPSA) is 58.2 Å². The molecule has 0 radical (unpaired) electrons. The van der Waals surface area contributed by atoms with E-state index in [9.17, 15) is 8.42 Å². The Morgan fingerprint density at radius 3 is 2.30 bits per heavy atom. The maximum atomic E-state index is 12.4. The van der Waals surface area contributed by atoms with Crippen LogP contribution in [-0.2, 0) is 23.0 Å². The van der Waals surface area contributed by atoms with Crippen LogP contribution in [0.4, 0.5) is 0 Å². The summed E-state index contributed by atoms with van der Waals surface area (Å²) in [5, 5.41) is 3.08. The number of sulfonamides is 1. The molecule has 1 rings (SSSR count). The third-order valence-corrected chi connectivity index (χ3v) is 5.13. The lowest BCUT2D eigenvalue weighted by atomic mass is 10.1. The van der Waals surface area contributed by atoms with Crippen LogP contribution in [0.15, 0.2) is 23.1 Å². The van der Waals surface area contributed by atoms with Crippen LogP contribution in [0.5, 0.6) is 0 Å². The van der Waals surface area contributed by atoms with Crippen molar-refractivity contribution in [3.05, 3.63) is 29.3 Å². The number of rotatable bonds is 7. The molecule has 2 N–H and O–H groups in total. The van der Waals surface area contributed by atoms with Crippen LogP contribution < -0.4 is 10.0 Å². The highest BCUT2D eigenvalue weighted by Crippen LogP contribution is 2.18. The molecule has 0 aliphatic rings. The largest absolute Gasteiger partial charge is 0.316 e. The van der Waals surface area contributed by atoms with Crippen molar-refractivity contribution in [2.75, 3.05) is 7.05 Å². The Labute approximate surface area is 123 Å². The summed E-state index contributed by atoms with van der Waals surface area (Å²) in [4.78, 5) is 0.340. The molecule has 0 aliphatic carbocycles. The van der Waals surface area contributed by atoms with Gasteiger partial charge in [0.25, 0.3) is 0 Å². The number of hydrogen-bond donors (Lipinski definition) is 2. The van der Waals surface area contributed by atoms with E-state index in [0.717, 1.165) is 12.0 Å². The zero-order valence-electron chi connectivity index (χ0n) is 13.0. The van der Waals surface area contributed by atoms with Gasteiger partial charge < -0.3 is 5.32 Å². The summed E-state index contributed by atoms with van der Waals surface area (Å²) in [6.45, 7) is 8.63. The molecule has 0 aromatic heterocycles. The molecule has 0 amide bonds. The first-order valence-electron chi connectivity index (χ1n) is 7.10. The minimum absolute atomic E-state index is 0.0846. The van der Waals surface area contributed by atoms with Crippen LogP contribution in [0.1, 0.15) is 38.8 Å². The molecule has 0 bridgehead atoms. The summed E-state index contributed by atoms with van der Waals surface area (Å²) in [5.74, 6) is 0.261. The normalized spacial score (nSPS) is 13.7. The maximum Gasteiger partial charge on any atom is 0.240 e. The van der Waals surface area contributed by atoms with Crippen LogP contribution in [0, 0.1) is 5.92 Å². The second-order valence-corrected chi connectivity index (χ2v) is 7.18. The van der Waals surface area contributed by atoms with Gasteiger partial charge in [0.15, 0.2) is 0 Å². The fourth-order valence-electron chi connectivity index (χ4n) is 1.92. The second-order valence-electron chi connectivity index (χ2n) is 5.47. The molecule has 0 heterocycles. The van der Waals surface area contributed by atoms with Crippen LogP contribution >= 0.6 is 0 Å². The minimum Gasteiger partial charge on any atom is -0.316 e. The van der Waals surface area contributed by atoms with Crippen LogP contribution in [0.3, 0.4) is 0 Å². The predicted octanol–water partition coefficient (Wildman–Crippen LogP) is 2.29. The van der Waals surface area contributed by atoms with Gasteiger partial charge in [0.05, 0.1) is 4.90 Å². The van der Waals surface area contributed by atoms with Gasteiger partial charge in [-0.1, -0.05) is 26.8 Å². The molecule has 0 spiro atoms. The average molecular weight is 298 g/mol. The first-order chi connectivity index (χ1) is 9.31. The van der Waals surface area contributed by atoms with Crippen molar-refractivity contribution in [3.8, 4) is 0 Å². The van der Waals surface area contributed by atoms with Gasteiger partial charge in [0.2, 0.25) is 10.0 Å². The molecule has 0 saturated carbocycles. The number of benzene rings is 1. The summed E-state index contributed by atoms with van der Waals surface area (Å²) >= 11 is 0. The van der Waals surface area contributed by atoms with E-state index < -0.39 is 10.0 Å². The summed E-state index contributed by atoms with van der Waals surface area (Å²) in [7, 11) is -1.59. The van der Waals surface area contributed by atoms with Crippen molar-refractivity contribution < 1.29 is 8.42 Å². The average Bonchev–Trinajstić information content (AvgIpc) is 2.38. The van der Waals surface area contributed by atoms with Gasteiger partial charge in [-0.05, 0) is 49.6 Å². The molecule has 0 aliphatic heterocycles. The van der Waals surface area contributed by atoms with Crippen LogP contribution in [0.25, 0.3) is 0 Å². The van der Waals surface area contributed by atoms with E-state index in [1.807, 2.05) is 33.9 Å². The molecule has 1 atom stereocenters. The molecule has 1 aromatic carbocycles. The van der Waals surface area contributed by atoms with Crippen LogP contribution in [-0.4, -0.2) is 21.5 Å². The van der Waals surface area contributed by atoms with Crippen molar-refractivity contribution >= 4 is 10.0 Å². The zero-order chi connectivity index (χ0) is 15.3. The van der Waals surface area contributed by atoms with E-state index in [1.165, 1.54) is 5.56 Å². The quantitative estimate of drug-likeness (QED) is 0.812. The number of aryl methyl sites for hydroxylation is 1. The Bertz CT molecular complexity index is 539. The molecule has 1 unspecified atom stereocenters. The van der Waals surface area contributed by atoms with E-state index in [4.69, 9.17) is 0 Å². The smallest absolute Gasteiger partial charge is 0.240 e. The Morgan fingerprint density at radius 1 is 1.15 bits per heavy atom. The van der Waals surface area contributed by atoms with E-state index in [2.05, 4.69) is 17.0 Å². The molecule has 1 aromatic rings. The molecule has 114 valence electrons. The van der Waals surface area contributed by atoms with Gasteiger partial charge in [-0.3, -0.25) is 0 Å². The number of hydrogen-bond acceptors (Lipinski definition) is 3. The summed E-state index contributed by atoms with van der Waals surface area (Å²) < 4.78 is 27.5. The third kappa shape index (κ3) is 4.30. The first kappa shape index (κ1) is 17.1. The third-order valence-electron chi connectivity index (χ3n) is 3.58. The molecular weight excluding hydrogens is 272 g/mol. The van der Waals surface area contributed by atoms with Crippen molar-refractivity contribution in [1.82, 2.24) is 10.0 Å². The highest BCUT2D eigenvalue weighted by Gasteiger charge is 2.20. The van der Waals surface area contributed by atoms with Gasteiger partial charge in [0, 0.05) is 12.6 Å². The fourth-order valence-corrected chi connectivity index (χ4v) is 3.36. The van der Waals surface area contributed by atoms with Gasteiger partial charge in [-0.2, -0.15) is 0 Å². The monoisotopic (exact) mass is 298 g/mol. The Hall–Kier alpha value is -0.910. The summed E-state index contributed by atoms with van der Waals surface area (Å²) in [6.07, 6.45) is 0.896. The lowest BCUT2D eigenvalue weighted by Crippen LogP contribution is -2.36. The van der Waals surface area contributed by atoms with Crippen molar-refractivity contribution in [3.63, 3.8) is 0 Å². The van der Waals surface area contributed by atoms with Gasteiger partial charge in [-0.25, -0.2) is 13.1 Å². The second kappa shape index (κ2) is 7.20. The first-order valence-corrected chi connectivity index (χ1v) is 8.58. The fraction of sp³-hybridized carbons (Fsp3) is 0.600. The van der Waals surface area contributed by atoms with Gasteiger partial charge in [0.1, 0.15) is 0 Å². The Balaban J connectivity index is 3.09. The summed E-state index contributed by atoms with van der Waals surface area (Å²) in [6, 6.07) is 5.28. The summed E-state index contributed by atoms with van der Waals surface area (Å²) in [5.41, 5.74) is 2.21. The molecular formula is C15H26N2O2S. The van der Waals surface area contributed by atoms with E-state index in [-0.39, 0.29) is 12.0 Å². The van der Waals surface area contributed by atoms with E-state index >= 15 is 0 Å². The van der Waals surface area contributed by atoms with Crippen LogP contribution in [0.2, 0.25) is 0 Å². The van der Waals surface area contributed by atoms with Crippen molar-refractivity contribution in [1.29, 1.82) is 0 Å². The maximum absolute atomic E-state index is 12.4. The van der Waals surface area contributed by atoms with E-state index in [1.54, 1.807) is 12.1 Å². The molecule has 0 saturated heterocycles. The molecule has 4 nitrogen and oxygen atoms in total. The standard InChI is InChI=1S/C15H26N2O2S/c1-6-13-7-8-15(9-14(13)10-16-5)20(18,19)17-12(4)11(2)3/h7-9,11-12,16-17H,6,10H2,1-5H3. The van der Waals surface area contributed by atoms with E-state index in [0.29, 0.717) is 11.4 Å². The zero-order valence-corrected chi connectivity index (χ0v) is 13.8. The SMILES string of the molecule is CCc1ccc(S(=O)(=O)NC(C)C(C)C)cc1CNC. The van der Waals surface area contributed by atoms with Crippen molar-refractivity contribution in [2.24, 2.45) is 5.92 Å². The number of nitrogens with one attached hydrogen (secondary N) is 2. The minimum atomic E-state index is -3.45.